The molecule has 15 rings (SSSR count). The van der Waals surface area contributed by atoms with Gasteiger partial charge in [0, 0.05) is 69.0 Å². The largest absolute Gasteiger partial charge is 0.394 e. The molecular formula is C56H47FN22O2S. The van der Waals surface area contributed by atoms with Crippen LogP contribution in [0.5, 0.6) is 0 Å². The summed E-state index contributed by atoms with van der Waals surface area (Å²) in [6.45, 7) is 5.62. The summed E-state index contributed by atoms with van der Waals surface area (Å²) in [6, 6.07) is 30.8. The molecule has 2 N–H and O–H groups in total. The van der Waals surface area contributed by atoms with Gasteiger partial charge in [0.25, 0.3) is 0 Å². The normalized spacial score (nSPS) is 12.4. The van der Waals surface area contributed by atoms with E-state index in [1.807, 2.05) is 83.5 Å². The molecule has 406 valence electrons. The molecule has 0 aliphatic carbocycles. The summed E-state index contributed by atoms with van der Waals surface area (Å²) in [6.07, 6.45) is 19.8. The molecular weight excluding hydrogens is 1060 g/mol. The van der Waals surface area contributed by atoms with Crippen molar-refractivity contribution in [1.82, 2.24) is 108 Å². The van der Waals surface area contributed by atoms with Gasteiger partial charge in [-0.05, 0) is 109 Å². The highest BCUT2D eigenvalue weighted by Crippen LogP contribution is 2.33. The lowest BCUT2D eigenvalue weighted by Gasteiger charge is -2.12. The summed E-state index contributed by atoms with van der Waals surface area (Å²) in [5.74, 6) is -0.282. The number of pyridine rings is 2. The molecule has 0 saturated heterocycles. The van der Waals surface area contributed by atoms with Crippen LogP contribution in [-0.2, 0) is 19.6 Å². The van der Waals surface area contributed by atoms with Crippen LogP contribution in [0.1, 0.15) is 41.9 Å². The first-order chi connectivity index (χ1) is 40.2. The second kappa shape index (κ2) is 22.0. The molecule has 0 fully saturated rings. The molecule has 0 radical (unpaired) electrons. The van der Waals surface area contributed by atoms with Crippen molar-refractivity contribution >= 4 is 66.3 Å². The van der Waals surface area contributed by atoms with E-state index in [2.05, 4.69) is 114 Å². The van der Waals surface area contributed by atoms with Crippen molar-refractivity contribution in [3.05, 3.63) is 187 Å². The van der Waals surface area contributed by atoms with Crippen LogP contribution in [0.4, 0.5) is 4.39 Å². The number of hydrogen-bond donors (Lipinski definition) is 2. The average molecular weight is 1110 g/mol. The Morgan fingerprint density at radius 1 is 0.561 bits per heavy atom. The predicted octanol–water partition coefficient (Wildman–Crippen LogP) is 7.56. The summed E-state index contributed by atoms with van der Waals surface area (Å²) in [5.41, 5.74) is 12.1. The predicted molar refractivity (Wildman–Crippen MR) is 303 cm³/mol. The number of rotatable bonds is 13. The number of aromatic nitrogens is 22. The van der Waals surface area contributed by atoms with Gasteiger partial charge in [-0.3, -0.25) is 9.36 Å². The minimum atomic E-state index is -0.282. The first-order valence-corrected chi connectivity index (χ1v) is 26.8. The van der Waals surface area contributed by atoms with Crippen molar-refractivity contribution in [3.63, 3.8) is 0 Å². The van der Waals surface area contributed by atoms with E-state index in [0.29, 0.717) is 70.6 Å². The molecule has 0 amide bonds. The van der Waals surface area contributed by atoms with E-state index in [-0.39, 0.29) is 31.1 Å². The number of benzene rings is 2. The van der Waals surface area contributed by atoms with Gasteiger partial charge in [0.1, 0.15) is 5.82 Å². The Morgan fingerprint density at radius 2 is 1.20 bits per heavy atom. The third-order valence-electron chi connectivity index (χ3n) is 13.7. The van der Waals surface area contributed by atoms with Gasteiger partial charge in [0.05, 0.1) is 98.5 Å². The van der Waals surface area contributed by atoms with Gasteiger partial charge in [-0.25, -0.2) is 52.9 Å². The van der Waals surface area contributed by atoms with Gasteiger partial charge in [-0.2, -0.15) is 15.3 Å². The second-order valence-electron chi connectivity index (χ2n) is 19.0. The molecule has 2 atom stereocenters. The Hall–Kier alpha value is -10.4. The summed E-state index contributed by atoms with van der Waals surface area (Å²) in [4.78, 5) is 28.4. The fourth-order valence-corrected chi connectivity index (χ4v) is 10.4. The zero-order valence-electron chi connectivity index (χ0n) is 43.8. The summed E-state index contributed by atoms with van der Waals surface area (Å²) in [5, 5.41) is 57.2. The molecule has 0 saturated carbocycles. The lowest BCUT2D eigenvalue weighted by atomic mass is 10.1. The van der Waals surface area contributed by atoms with E-state index < -0.39 is 0 Å². The van der Waals surface area contributed by atoms with Crippen molar-refractivity contribution in [1.29, 1.82) is 0 Å². The molecule has 0 aliphatic rings. The van der Waals surface area contributed by atoms with Crippen LogP contribution in [0.2, 0.25) is 0 Å². The molecule has 2 aromatic carbocycles. The number of nitrogens with zero attached hydrogens (tertiary/aromatic N) is 22. The first-order valence-electron chi connectivity index (χ1n) is 25.9. The number of aliphatic hydroxyl groups is 2. The summed E-state index contributed by atoms with van der Waals surface area (Å²) >= 11 is 1.75. The highest BCUT2D eigenvalue weighted by molar-refractivity contribution is 7.19. The molecule has 0 aliphatic heterocycles. The lowest BCUT2D eigenvalue weighted by molar-refractivity contribution is 0.269. The third-order valence-corrected chi connectivity index (χ3v) is 15.0. The van der Waals surface area contributed by atoms with E-state index in [1.165, 1.54) is 27.1 Å². The number of fused-ring (bicyclic) bond motifs is 6. The van der Waals surface area contributed by atoms with Crippen molar-refractivity contribution in [2.75, 3.05) is 13.2 Å². The molecule has 26 heteroatoms. The molecule has 24 nitrogen and oxygen atoms in total. The Labute approximate surface area is 467 Å². The number of aliphatic hydroxyl groups excluding tert-OH is 2. The summed E-state index contributed by atoms with van der Waals surface area (Å²) < 4.78 is 26.9. The van der Waals surface area contributed by atoms with E-state index in [0.717, 1.165) is 38.9 Å². The van der Waals surface area contributed by atoms with Crippen LogP contribution < -0.4 is 0 Å². The van der Waals surface area contributed by atoms with Gasteiger partial charge in [-0.15, -0.1) is 26.6 Å². The fraction of sp³-hybridized carbons (Fsp3) is 0.161. The van der Waals surface area contributed by atoms with Crippen LogP contribution >= 0.6 is 11.3 Å². The topological polar surface area (TPSA) is 267 Å². The zero-order valence-corrected chi connectivity index (χ0v) is 44.6. The molecule has 0 spiro atoms. The van der Waals surface area contributed by atoms with E-state index >= 15 is 0 Å². The van der Waals surface area contributed by atoms with Gasteiger partial charge in [-0.1, -0.05) is 33.8 Å². The monoisotopic (exact) mass is 1110 g/mol. The standard InChI is InChI=1S/C19H13FN6.C19H17N7OS.C18H17N9O/c20-15-5-3-14(4-6-15)17-11-21-18-19(22-17)26(24-23-18)12-13-7-9-25-8-1-2-16(25)10-13;1-12(17-8-13-4-2-3-5-16(13)28-17)26-19-18(23-24-26)20-10-15(22-19)14-9-21-25(11-14)6-7-27;1-12(13-3-5-26-15(8-13)2-4-20-26)27-18-17(23-24-27)19-10-16(22-18)14-9-21-25(11-14)6-7-28/h1-11H,12H2;2-5,8-12,27H,6-7H2,1H3;2-5,8-12,28H,6-7H2,1H3. The Balaban J connectivity index is 0.000000116. The lowest BCUT2D eigenvalue weighted by Crippen LogP contribution is -2.10. The van der Waals surface area contributed by atoms with Crippen LogP contribution in [0.3, 0.4) is 0 Å². The molecule has 2 unspecified atom stereocenters. The smallest absolute Gasteiger partial charge is 0.221 e. The van der Waals surface area contributed by atoms with E-state index in [9.17, 15) is 4.39 Å². The molecule has 0 bridgehead atoms. The Kier molecular flexibility index (Phi) is 13.7. The fourth-order valence-electron chi connectivity index (χ4n) is 9.34. The maximum atomic E-state index is 13.1. The van der Waals surface area contributed by atoms with Gasteiger partial charge >= 0.3 is 0 Å². The Bertz CT molecular complexity index is 4550. The molecule has 13 heterocycles. The quantitative estimate of drug-likeness (QED) is 0.113. The highest BCUT2D eigenvalue weighted by Gasteiger charge is 2.21. The van der Waals surface area contributed by atoms with E-state index in [1.54, 1.807) is 79.4 Å². The number of thiophene rings is 1. The SMILES string of the molecule is CC(c1cc2ccccc2s1)n1nnc2ncc(-c3cnn(CCO)c3)nc21.CC(c1ccn2nccc2c1)n1nnc2ncc(-c3cnn(CCO)c3)nc21.Fc1ccc(-c2cnc3nnn(Cc4ccn5cccc5c4)c3n2)cc1. The maximum absolute atomic E-state index is 13.1. The second-order valence-corrected chi connectivity index (χ2v) is 20.2. The summed E-state index contributed by atoms with van der Waals surface area (Å²) in [7, 11) is 0. The molecule has 13 aromatic heterocycles. The van der Waals surface area contributed by atoms with Crippen LogP contribution in [0.25, 0.3) is 88.8 Å². The van der Waals surface area contributed by atoms with Crippen LogP contribution in [-0.4, -0.2) is 132 Å². The number of halogens is 1. The molecule has 15 aromatic rings. The minimum Gasteiger partial charge on any atom is -0.394 e. The minimum absolute atomic E-state index is 0.0101. The van der Waals surface area contributed by atoms with Gasteiger partial charge < -0.3 is 14.6 Å². The van der Waals surface area contributed by atoms with Crippen LogP contribution in [0, 0.1) is 5.82 Å². The van der Waals surface area contributed by atoms with Crippen molar-refractivity contribution in [2.45, 2.75) is 45.6 Å². The zero-order chi connectivity index (χ0) is 55.7. The van der Waals surface area contributed by atoms with E-state index in [4.69, 9.17) is 20.2 Å². The third kappa shape index (κ3) is 10.3. The first kappa shape index (κ1) is 51.0. The van der Waals surface area contributed by atoms with Crippen molar-refractivity contribution in [3.8, 4) is 33.8 Å². The highest BCUT2D eigenvalue weighted by atomic mass is 32.1. The maximum Gasteiger partial charge on any atom is 0.221 e. The van der Waals surface area contributed by atoms with Crippen LogP contribution in [0.15, 0.2) is 165 Å². The van der Waals surface area contributed by atoms with Crippen molar-refractivity contribution < 1.29 is 14.6 Å². The molecule has 82 heavy (non-hydrogen) atoms. The van der Waals surface area contributed by atoms with Gasteiger partial charge in [0.15, 0.2) is 16.9 Å². The average Bonchev–Trinajstić information content (AvgIpc) is 4.54. The Morgan fingerprint density at radius 3 is 1.88 bits per heavy atom. The van der Waals surface area contributed by atoms with Gasteiger partial charge in [0.2, 0.25) is 16.9 Å². The number of hydrogen-bond acceptors (Lipinski definition) is 18. The van der Waals surface area contributed by atoms with Crippen molar-refractivity contribution in [2.24, 2.45) is 0 Å².